The van der Waals surface area contributed by atoms with Crippen molar-refractivity contribution >= 4 is 23.4 Å². The van der Waals surface area contributed by atoms with Crippen LogP contribution in [0.4, 0.5) is 18.9 Å². The zero-order valence-corrected chi connectivity index (χ0v) is 16.8. The molecule has 0 heterocycles. The summed E-state index contributed by atoms with van der Waals surface area (Å²) in [6.45, 7) is 3.10. The van der Waals surface area contributed by atoms with E-state index >= 15 is 0 Å². The molecule has 0 saturated heterocycles. The summed E-state index contributed by atoms with van der Waals surface area (Å²) in [5.74, 6) is -1.60. The van der Waals surface area contributed by atoms with Gasteiger partial charge in [-0.1, -0.05) is 18.2 Å². The Morgan fingerprint density at radius 1 is 0.967 bits per heavy atom. The van der Waals surface area contributed by atoms with Crippen molar-refractivity contribution in [2.75, 3.05) is 25.5 Å². The normalized spacial score (nSPS) is 11.0. The third kappa shape index (κ3) is 6.07. The molecule has 0 fully saturated rings. The van der Waals surface area contributed by atoms with Gasteiger partial charge in [-0.3, -0.25) is 14.4 Å². The second-order valence-electron chi connectivity index (χ2n) is 6.82. The molecule has 2 rings (SSSR count). The second kappa shape index (κ2) is 9.43. The van der Waals surface area contributed by atoms with Crippen molar-refractivity contribution in [3.05, 3.63) is 64.7 Å². The van der Waals surface area contributed by atoms with Crippen LogP contribution in [-0.2, 0) is 15.8 Å². The maximum Gasteiger partial charge on any atom is 0.416 e. The molecule has 0 aliphatic carbocycles. The van der Waals surface area contributed by atoms with Crippen molar-refractivity contribution in [3.63, 3.8) is 0 Å². The fourth-order valence-electron chi connectivity index (χ4n) is 2.70. The molecule has 0 saturated carbocycles. The number of para-hydroxylation sites is 1. The molecule has 2 N–H and O–H groups in total. The van der Waals surface area contributed by atoms with Crippen LogP contribution in [-0.4, -0.2) is 42.8 Å². The monoisotopic (exact) mass is 421 g/mol. The van der Waals surface area contributed by atoms with Crippen LogP contribution < -0.4 is 10.6 Å². The highest BCUT2D eigenvalue weighted by molar-refractivity contribution is 5.98. The molecular weight excluding hydrogens is 399 g/mol. The van der Waals surface area contributed by atoms with E-state index in [0.717, 1.165) is 40.3 Å². The predicted molar refractivity (Wildman–Crippen MR) is 106 cm³/mol. The standard InChI is InChI=1S/C21H22F3N3O3/c1-13-5-4-6-14(2)19(13)26-17(28)12-27(3)18(29)11-25-20(30)15-7-9-16(10-8-15)21(22,23)24/h4-10H,11-12H2,1-3H3,(H,25,30)(H,26,28). The van der Waals surface area contributed by atoms with Gasteiger partial charge >= 0.3 is 6.18 Å². The van der Waals surface area contributed by atoms with E-state index in [-0.39, 0.29) is 12.1 Å². The molecule has 0 bridgehead atoms. The average Bonchev–Trinajstić information content (AvgIpc) is 2.68. The van der Waals surface area contributed by atoms with Crippen LogP contribution in [0.2, 0.25) is 0 Å². The number of nitrogens with one attached hydrogen (secondary N) is 2. The molecule has 0 aromatic heterocycles. The number of hydrogen-bond acceptors (Lipinski definition) is 3. The van der Waals surface area contributed by atoms with Gasteiger partial charge in [0.2, 0.25) is 11.8 Å². The molecule has 160 valence electrons. The molecule has 0 atom stereocenters. The lowest BCUT2D eigenvalue weighted by Crippen LogP contribution is -2.41. The van der Waals surface area contributed by atoms with Crippen LogP contribution in [0.15, 0.2) is 42.5 Å². The van der Waals surface area contributed by atoms with Gasteiger partial charge in [-0.15, -0.1) is 0 Å². The molecule has 0 spiro atoms. The molecule has 6 nitrogen and oxygen atoms in total. The summed E-state index contributed by atoms with van der Waals surface area (Å²) in [5, 5.41) is 5.10. The number of carbonyl (C=O) groups is 3. The Balaban J connectivity index is 1.86. The van der Waals surface area contributed by atoms with Crippen LogP contribution in [0.25, 0.3) is 0 Å². The van der Waals surface area contributed by atoms with Gasteiger partial charge in [-0.2, -0.15) is 13.2 Å². The molecule has 0 radical (unpaired) electrons. The molecule has 0 aliphatic rings. The minimum atomic E-state index is -4.49. The maximum absolute atomic E-state index is 12.6. The van der Waals surface area contributed by atoms with E-state index in [9.17, 15) is 27.6 Å². The zero-order chi connectivity index (χ0) is 22.5. The number of likely N-dealkylation sites (N-methyl/N-ethyl adjacent to an activating group) is 1. The number of amides is 3. The highest BCUT2D eigenvalue weighted by Crippen LogP contribution is 2.29. The predicted octanol–water partition coefficient (Wildman–Crippen LogP) is 3.15. The van der Waals surface area contributed by atoms with E-state index in [0.29, 0.717) is 5.69 Å². The molecule has 0 unspecified atom stereocenters. The molecule has 9 heteroatoms. The first kappa shape index (κ1) is 22.9. The number of alkyl halides is 3. The molecule has 2 aromatic carbocycles. The quantitative estimate of drug-likeness (QED) is 0.752. The Kier molecular flexibility index (Phi) is 7.20. The molecule has 30 heavy (non-hydrogen) atoms. The third-order valence-electron chi connectivity index (χ3n) is 4.43. The van der Waals surface area contributed by atoms with Gasteiger partial charge in [0.05, 0.1) is 18.7 Å². The lowest BCUT2D eigenvalue weighted by atomic mass is 10.1. The van der Waals surface area contributed by atoms with Gasteiger partial charge in [0, 0.05) is 18.3 Å². The van der Waals surface area contributed by atoms with E-state index in [1.807, 2.05) is 32.0 Å². The van der Waals surface area contributed by atoms with Gasteiger partial charge in [0.15, 0.2) is 0 Å². The fraction of sp³-hybridized carbons (Fsp3) is 0.286. The second-order valence-corrected chi connectivity index (χ2v) is 6.82. The van der Waals surface area contributed by atoms with Crippen LogP contribution in [0.3, 0.4) is 0 Å². The summed E-state index contributed by atoms with van der Waals surface area (Å²) in [5.41, 5.74) is 1.58. The van der Waals surface area contributed by atoms with Crippen molar-refractivity contribution in [2.45, 2.75) is 20.0 Å². The van der Waals surface area contributed by atoms with Crippen LogP contribution >= 0.6 is 0 Å². The Bertz CT molecular complexity index is 920. The van der Waals surface area contributed by atoms with Gasteiger partial charge in [-0.25, -0.2) is 0 Å². The van der Waals surface area contributed by atoms with Gasteiger partial charge in [-0.05, 0) is 49.2 Å². The number of rotatable bonds is 6. The van der Waals surface area contributed by atoms with Crippen LogP contribution in [0.5, 0.6) is 0 Å². The number of aryl methyl sites for hydroxylation is 2. The first-order chi connectivity index (χ1) is 14.0. The highest BCUT2D eigenvalue weighted by atomic mass is 19.4. The Hall–Kier alpha value is -3.36. The molecule has 3 amide bonds. The summed E-state index contributed by atoms with van der Waals surface area (Å²) in [6.07, 6.45) is -4.49. The van der Waals surface area contributed by atoms with Crippen molar-refractivity contribution < 1.29 is 27.6 Å². The largest absolute Gasteiger partial charge is 0.416 e. The summed E-state index contributed by atoms with van der Waals surface area (Å²) in [4.78, 5) is 37.6. The number of nitrogens with zero attached hydrogens (tertiary/aromatic N) is 1. The van der Waals surface area contributed by atoms with E-state index < -0.39 is 36.0 Å². The van der Waals surface area contributed by atoms with Crippen LogP contribution in [0, 0.1) is 13.8 Å². The van der Waals surface area contributed by atoms with Crippen LogP contribution in [0.1, 0.15) is 27.0 Å². The molecule has 0 aliphatic heterocycles. The van der Waals surface area contributed by atoms with E-state index in [4.69, 9.17) is 0 Å². The Morgan fingerprint density at radius 2 is 1.53 bits per heavy atom. The smallest absolute Gasteiger partial charge is 0.343 e. The Morgan fingerprint density at radius 3 is 2.07 bits per heavy atom. The van der Waals surface area contributed by atoms with E-state index in [1.54, 1.807) is 0 Å². The highest BCUT2D eigenvalue weighted by Gasteiger charge is 2.30. The van der Waals surface area contributed by atoms with E-state index in [2.05, 4.69) is 10.6 Å². The summed E-state index contributed by atoms with van der Waals surface area (Å²) < 4.78 is 37.7. The fourth-order valence-corrected chi connectivity index (χ4v) is 2.70. The van der Waals surface area contributed by atoms with Crippen molar-refractivity contribution in [3.8, 4) is 0 Å². The van der Waals surface area contributed by atoms with Crippen molar-refractivity contribution in [1.82, 2.24) is 10.2 Å². The lowest BCUT2D eigenvalue weighted by Gasteiger charge is -2.18. The van der Waals surface area contributed by atoms with Crippen molar-refractivity contribution in [1.29, 1.82) is 0 Å². The maximum atomic E-state index is 12.6. The van der Waals surface area contributed by atoms with Gasteiger partial charge < -0.3 is 15.5 Å². The SMILES string of the molecule is Cc1cccc(C)c1NC(=O)CN(C)C(=O)CNC(=O)c1ccc(C(F)(F)F)cc1. The minimum Gasteiger partial charge on any atom is -0.343 e. The molecule has 2 aromatic rings. The summed E-state index contributed by atoms with van der Waals surface area (Å²) >= 11 is 0. The number of benzene rings is 2. The summed E-state index contributed by atoms with van der Waals surface area (Å²) in [6, 6.07) is 9.23. The van der Waals surface area contributed by atoms with Gasteiger partial charge in [0.25, 0.3) is 5.91 Å². The number of carbonyl (C=O) groups excluding carboxylic acids is 3. The lowest BCUT2D eigenvalue weighted by molar-refractivity contribution is -0.137. The first-order valence-electron chi connectivity index (χ1n) is 9.04. The third-order valence-corrected chi connectivity index (χ3v) is 4.43. The number of hydrogen-bond donors (Lipinski definition) is 2. The number of anilines is 1. The van der Waals surface area contributed by atoms with Crippen molar-refractivity contribution in [2.24, 2.45) is 0 Å². The average molecular weight is 421 g/mol. The zero-order valence-electron chi connectivity index (χ0n) is 16.8. The number of halogens is 3. The topological polar surface area (TPSA) is 78.5 Å². The Labute approximate surface area is 172 Å². The van der Waals surface area contributed by atoms with Gasteiger partial charge in [0.1, 0.15) is 0 Å². The van der Waals surface area contributed by atoms with E-state index in [1.165, 1.54) is 7.05 Å². The summed E-state index contributed by atoms with van der Waals surface area (Å²) in [7, 11) is 1.41. The first-order valence-corrected chi connectivity index (χ1v) is 9.04. The minimum absolute atomic E-state index is 0.00813. The molecular formula is C21H22F3N3O3.